The second-order valence-electron chi connectivity index (χ2n) is 6.30. The second kappa shape index (κ2) is 9.12. The van der Waals surface area contributed by atoms with Gasteiger partial charge in [-0.15, -0.1) is 10.2 Å². The number of anilines is 1. The van der Waals surface area contributed by atoms with Crippen molar-refractivity contribution in [2.45, 2.75) is 25.1 Å². The van der Waals surface area contributed by atoms with Gasteiger partial charge in [-0.1, -0.05) is 47.6 Å². The van der Waals surface area contributed by atoms with Crippen LogP contribution in [0.5, 0.6) is 5.75 Å². The molecule has 3 aromatic rings. The fraction of sp³-hybridized carbons (Fsp3) is 0.250. The normalized spacial score (nSPS) is 11.9. The zero-order chi connectivity index (χ0) is 20.1. The van der Waals surface area contributed by atoms with Crippen molar-refractivity contribution in [1.29, 1.82) is 0 Å². The fourth-order valence-corrected chi connectivity index (χ4v) is 3.54. The Morgan fingerprint density at radius 2 is 2.04 bits per heavy atom. The highest BCUT2D eigenvalue weighted by Gasteiger charge is 2.18. The highest BCUT2D eigenvalue weighted by molar-refractivity contribution is 7.99. The van der Waals surface area contributed by atoms with E-state index in [1.165, 1.54) is 11.8 Å². The number of nitrogens with zero attached hydrogens (tertiary/aromatic N) is 3. The molecule has 0 saturated carbocycles. The summed E-state index contributed by atoms with van der Waals surface area (Å²) in [5.74, 6) is 1.38. The number of thioether (sulfide) groups is 1. The number of nitrogens with one attached hydrogen (secondary N) is 1. The average molecular weight is 417 g/mol. The van der Waals surface area contributed by atoms with Crippen LogP contribution >= 0.6 is 23.4 Å². The Bertz CT molecular complexity index is 976. The zero-order valence-electron chi connectivity index (χ0n) is 15.8. The third kappa shape index (κ3) is 5.05. The molecule has 0 aliphatic rings. The highest BCUT2D eigenvalue weighted by atomic mass is 35.5. The number of ether oxygens (including phenoxy) is 1. The Labute approximate surface area is 173 Å². The smallest absolute Gasteiger partial charge is 0.234 e. The van der Waals surface area contributed by atoms with Crippen LogP contribution in [0, 0.1) is 6.92 Å². The monoisotopic (exact) mass is 416 g/mol. The molecule has 6 nitrogen and oxygen atoms in total. The lowest BCUT2D eigenvalue weighted by atomic mass is 10.2. The van der Waals surface area contributed by atoms with E-state index in [1.807, 2.05) is 61.9 Å². The number of aromatic nitrogens is 3. The van der Waals surface area contributed by atoms with E-state index in [4.69, 9.17) is 16.3 Å². The van der Waals surface area contributed by atoms with E-state index in [1.54, 1.807) is 12.1 Å². The SMILES string of the molecule is Cc1cccc(NC(=O)CSc2nnc([C@H](C)Oc3ccccc3Cl)n2C)c1. The van der Waals surface area contributed by atoms with E-state index in [-0.39, 0.29) is 17.8 Å². The second-order valence-corrected chi connectivity index (χ2v) is 7.65. The van der Waals surface area contributed by atoms with Crippen molar-refractivity contribution in [3.05, 3.63) is 64.9 Å². The van der Waals surface area contributed by atoms with Crippen LogP contribution in [0.1, 0.15) is 24.4 Å². The van der Waals surface area contributed by atoms with Crippen LogP contribution in [0.2, 0.25) is 5.02 Å². The van der Waals surface area contributed by atoms with E-state index in [0.717, 1.165) is 11.3 Å². The van der Waals surface area contributed by atoms with Crippen LogP contribution in [0.3, 0.4) is 0 Å². The lowest BCUT2D eigenvalue weighted by molar-refractivity contribution is -0.113. The summed E-state index contributed by atoms with van der Waals surface area (Å²) in [5.41, 5.74) is 1.88. The lowest BCUT2D eigenvalue weighted by Crippen LogP contribution is -2.15. The molecule has 0 aliphatic carbocycles. The summed E-state index contributed by atoms with van der Waals surface area (Å²) in [6.07, 6.45) is -0.340. The lowest BCUT2D eigenvalue weighted by Gasteiger charge is -2.15. The Morgan fingerprint density at radius 1 is 1.25 bits per heavy atom. The van der Waals surface area contributed by atoms with Gasteiger partial charge in [0.05, 0.1) is 10.8 Å². The molecule has 146 valence electrons. The van der Waals surface area contributed by atoms with Gasteiger partial charge in [0.1, 0.15) is 5.75 Å². The van der Waals surface area contributed by atoms with Gasteiger partial charge in [0, 0.05) is 12.7 Å². The summed E-state index contributed by atoms with van der Waals surface area (Å²) in [6, 6.07) is 15.0. The number of hydrogen-bond acceptors (Lipinski definition) is 5. The third-order valence-corrected chi connectivity index (χ3v) is 5.34. The first kappa shape index (κ1) is 20.2. The molecule has 0 saturated heterocycles. The van der Waals surface area contributed by atoms with Crippen LogP contribution < -0.4 is 10.1 Å². The minimum Gasteiger partial charge on any atom is -0.481 e. The summed E-state index contributed by atoms with van der Waals surface area (Å²) in [6.45, 7) is 3.86. The number of hydrogen-bond donors (Lipinski definition) is 1. The summed E-state index contributed by atoms with van der Waals surface area (Å²) in [5, 5.41) is 12.5. The summed E-state index contributed by atoms with van der Waals surface area (Å²) in [7, 11) is 1.85. The molecule has 8 heteroatoms. The van der Waals surface area contributed by atoms with E-state index in [0.29, 0.717) is 21.8 Å². The number of rotatable bonds is 7. The van der Waals surface area contributed by atoms with Crippen LogP contribution in [0.15, 0.2) is 53.7 Å². The zero-order valence-corrected chi connectivity index (χ0v) is 17.4. The molecule has 2 aromatic carbocycles. The standard InChI is InChI=1S/C20H21ClN4O2S/c1-13-7-6-8-15(11-13)22-18(26)12-28-20-24-23-19(25(20)3)14(2)27-17-10-5-4-9-16(17)21/h4-11,14H,12H2,1-3H3,(H,22,26)/t14-/m0/s1. The molecule has 1 aromatic heterocycles. The molecule has 0 unspecified atom stereocenters. The maximum atomic E-state index is 12.2. The van der Waals surface area contributed by atoms with Crippen LogP contribution in [0.25, 0.3) is 0 Å². The Kier molecular flexibility index (Phi) is 6.59. The van der Waals surface area contributed by atoms with Crippen molar-refractivity contribution in [3.63, 3.8) is 0 Å². The van der Waals surface area contributed by atoms with Crippen LogP contribution in [0.4, 0.5) is 5.69 Å². The number of aryl methyl sites for hydroxylation is 1. The van der Waals surface area contributed by atoms with E-state index in [9.17, 15) is 4.79 Å². The van der Waals surface area contributed by atoms with Crippen molar-refractivity contribution >= 4 is 35.0 Å². The summed E-state index contributed by atoms with van der Waals surface area (Å²) < 4.78 is 7.72. The summed E-state index contributed by atoms with van der Waals surface area (Å²) in [4.78, 5) is 12.2. The Morgan fingerprint density at radius 3 is 2.79 bits per heavy atom. The average Bonchev–Trinajstić information content (AvgIpc) is 3.02. The molecule has 1 N–H and O–H groups in total. The maximum Gasteiger partial charge on any atom is 0.234 e. The number of halogens is 1. The minimum absolute atomic E-state index is 0.0967. The molecule has 0 fully saturated rings. The number of amides is 1. The third-order valence-electron chi connectivity index (χ3n) is 4.01. The van der Waals surface area contributed by atoms with Crippen LogP contribution in [-0.2, 0) is 11.8 Å². The van der Waals surface area contributed by atoms with Gasteiger partial charge in [0.25, 0.3) is 0 Å². The molecule has 28 heavy (non-hydrogen) atoms. The van der Waals surface area contributed by atoms with E-state index < -0.39 is 0 Å². The molecule has 1 heterocycles. The number of carbonyl (C=O) groups is 1. The van der Waals surface area contributed by atoms with Crippen molar-refractivity contribution in [3.8, 4) is 5.75 Å². The van der Waals surface area contributed by atoms with Gasteiger partial charge in [0.2, 0.25) is 5.91 Å². The summed E-state index contributed by atoms with van der Waals surface area (Å²) >= 11 is 7.47. The Balaban J connectivity index is 1.59. The minimum atomic E-state index is -0.340. The first-order valence-corrected chi connectivity index (χ1v) is 10.1. The molecular formula is C20H21ClN4O2S. The quantitative estimate of drug-likeness (QED) is 0.568. The largest absolute Gasteiger partial charge is 0.481 e. The van der Waals surface area contributed by atoms with E-state index in [2.05, 4.69) is 15.5 Å². The van der Waals surface area contributed by atoms with Crippen LogP contribution in [-0.4, -0.2) is 26.4 Å². The molecule has 0 bridgehead atoms. The predicted octanol–water partition coefficient (Wildman–Crippen LogP) is 4.65. The number of para-hydroxylation sites is 1. The fourth-order valence-electron chi connectivity index (χ4n) is 2.64. The number of benzene rings is 2. The molecule has 1 atom stereocenters. The van der Waals surface area contributed by atoms with Crippen molar-refractivity contribution in [1.82, 2.24) is 14.8 Å². The van der Waals surface area contributed by atoms with Gasteiger partial charge in [-0.25, -0.2) is 0 Å². The van der Waals surface area contributed by atoms with Gasteiger partial charge >= 0.3 is 0 Å². The molecule has 0 aliphatic heterocycles. The van der Waals surface area contributed by atoms with Gasteiger partial charge < -0.3 is 14.6 Å². The number of carbonyl (C=O) groups excluding carboxylic acids is 1. The van der Waals surface area contributed by atoms with Gasteiger partial charge in [0.15, 0.2) is 17.1 Å². The maximum absolute atomic E-state index is 12.2. The van der Waals surface area contributed by atoms with Gasteiger partial charge in [-0.05, 0) is 43.7 Å². The van der Waals surface area contributed by atoms with Crippen molar-refractivity contribution < 1.29 is 9.53 Å². The van der Waals surface area contributed by atoms with E-state index >= 15 is 0 Å². The predicted molar refractivity (Wildman–Crippen MR) is 112 cm³/mol. The molecule has 1 amide bonds. The molecule has 3 rings (SSSR count). The molecular weight excluding hydrogens is 396 g/mol. The van der Waals surface area contributed by atoms with Gasteiger partial charge in [-0.2, -0.15) is 0 Å². The topological polar surface area (TPSA) is 69.0 Å². The first-order chi connectivity index (χ1) is 13.4. The van der Waals surface area contributed by atoms with Crippen molar-refractivity contribution in [2.75, 3.05) is 11.1 Å². The molecule has 0 radical (unpaired) electrons. The van der Waals surface area contributed by atoms with Gasteiger partial charge in [-0.3, -0.25) is 4.79 Å². The Hall–Kier alpha value is -2.51. The first-order valence-electron chi connectivity index (χ1n) is 8.74. The van der Waals surface area contributed by atoms with Crippen molar-refractivity contribution in [2.24, 2.45) is 7.05 Å². The molecule has 0 spiro atoms. The highest BCUT2D eigenvalue weighted by Crippen LogP contribution is 2.29.